The smallest absolute Gasteiger partial charge is 0.295 e. The maximum atomic E-state index is 12.0. The summed E-state index contributed by atoms with van der Waals surface area (Å²) in [6.07, 6.45) is 4.13. The molecule has 1 saturated heterocycles. The summed E-state index contributed by atoms with van der Waals surface area (Å²) in [6, 6.07) is 0.111. The molecule has 1 N–H and O–H groups in total. The van der Waals surface area contributed by atoms with Crippen molar-refractivity contribution in [2.45, 2.75) is 38.6 Å². The molecule has 1 unspecified atom stereocenters. The van der Waals surface area contributed by atoms with Crippen LogP contribution in [0.1, 0.15) is 55.2 Å². The number of nitrogens with zero attached hydrogens (tertiary/aromatic N) is 3. The van der Waals surface area contributed by atoms with Crippen LogP contribution in [0.3, 0.4) is 0 Å². The predicted molar refractivity (Wildman–Crippen MR) is 66.1 cm³/mol. The Kier molecular flexibility index (Phi) is 4.30. The monoisotopic (exact) mass is 252 g/mol. The van der Waals surface area contributed by atoms with Crippen molar-refractivity contribution in [1.82, 2.24) is 20.4 Å². The zero-order valence-corrected chi connectivity index (χ0v) is 11.0. The van der Waals surface area contributed by atoms with Crippen LogP contribution in [0.4, 0.5) is 0 Å². The van der Waals surface area contributed by atoms with E-state index in [1.54, 1.807) is 11.9 Å². The highest BCUT2D eigenvalue weighted by Crippen LogP contribution is 2.21. The van der Waals surface area contributed by atoms with E-state index >= 15 is 0 Å². The lowest BCUT2D eigenvalue weighted by atomic mass is 10.2. The fourth-order valence-electron chi connectivity index (χ4n) is 2.03. The number of carbonyl (C=O) groups excluding carboxylic acids is 1. The molecule has 0 aliphatic carbocycles. The Labute approximate surface area is 107 Å². The average Bonchev–Trinajstić information content (AvgIpc) is 3.04. The van der Waals surface area contributed by atoms with Crippen LogP contribution in [-0.2, 0) is 0 Å². The Morgan fingerprint density at radius 1 is 1.61 bits per heavy atom. The molecule has 0 radical (unpaired) electrons. The van der Waals surface area contributed by atoms with Crippen LogP contribution < -0.4 is 5.32 Å². The van der Waals surface area contributed by atoms with Gasteiger partial charge in [-0.05, 0) is 25.8 Å². The molecule has 18 heavy (non-hydrogen) atoms. The summed E-state index contributed by atoms with van der Waals surface area (Å²) in [4.78, 5) is 17.8. The van der Waals surface area contributed by atoms with E-state index in [4.69, 9.17) is 4.52 Å². The molecule has 0 bridgehead atoms. The van der Waals surface area contributed by atoms with Crippen molar-refractivity contribution in [3.8, 4) is 0 Å². The average molecular weight is 252 g/mol. The predicted octanol–water partition coefficient (Wildman–Crippen LogP) is 1.37. The van der Waals surface area contributed by atoms with Crippen LogP contribution >= 0.6 is 0 Å². The molecule has 6 nitrogen and oxygen atoms in total. The summed E-state index contributed by atoms with van der Waals surface area (Å²) in [5, 5.41) is 7.04. The zero-order valence-electron chi connectivity index (χ0n) is 11.0. The Bertz CT molecular complexity index is 399. The lowest BCUT2D eigenvalue weighted by Gasteiger charge is -2.13. The number of unbranched alkanes of at least 4 members (excludes halogenated alkanes) is 1. The number of carbonyl (C=O) groups is 1. The van der Waals surface area contributed by atoms with Gasteiger partial charge in [0.2, 0.25) is 5.89 Å². The van der Waals surface area contributed by atoms with Crippen molar-refractivity contribution in [3.63, 3.8) is 0 Å². The number of nitrogens with one attached hydrogen (secondary N) is 1. The van der Waals surface area contributed by atoms with E-state index in [0.717, 1.165) is 38.8 Å². The fourth-order valence-corrected chi connectivity index (χ4v) is 2.03. The van der Waals surface area contributed by atoms with E-state index in [2.05, 4.69) is 22.4 Å². The molecule has 1 amide bonds. The minimum atomic E-state index is -0.170. The van der Waals surface area contributed by atoms with E-state index in [9.17, 15) is 4.79 Å². The zero-order chi connectivity index (χ0) is 13.0. The van der Waals surface area contributed by atoms with Gasteiger partial charge in [0.15, 0.2) is 0 Å². The first kappa shape index (κ1) is 13.0. The van der Waals surface area contributed by atoms with Crippen LogP contribution in [0, 0.1) is 0 Å². The van der Waals surface area contributed by atoms with E-state index < -0.39 is 0 Å². The summed E-state index contributed by atoms with van der Waals surface area (Å²) in [5.74, 6) is 0.522. The molecule has 1 atom stereocenters. The molecule has 100 valence electrons. The maximum Gasteiger partial charge on any atom is 0.295 e. The molecule has 1 aliphatic rings. The molecule has 1 aromatic heterocycles. The molecule has 2 rings (SSSR count). The molecule has 1 aromatic rings. The topological polar surface area (TPSA) is 71.3 Å². The molecule has 0 spiro atoms. The molecule has 6 heteroatoms. The Hall–Kier alpha value is -1.43. The first-order valence-corrected chi connectivity index (χ1v) is 6.54. The van der Waals surface area contributed by atoms with Gasteiger partial charge in [-0.25, -0.2) is 0 Å². The largest absolute Gasteiger partial charge is 0.339 e. The molecular formula is C12H20N4O2. The first-order chi connectivity index (χ1) is 8.72. The number of hydrogen-bond acceptors (Lipinski definition) is 5. The van der Waals surface area contributed by atoms with Gasteiger partial charge in [0.05, 0.1) is 6.04 Å². The molecule has 2 heterocycles. The number of rotatable bonds is 5. The van der Waals surface area contributed by atoms with Gasteiger partial charge in [-0.3, -0.25) is 4.79 Å². The van der Waals surface area contributed by atoms with Crippen LogP contribution in [0.15, 0.2) is 4.52 Å². The lowest BCUT2D eigenvalue weighted by molar-refractivity contribution is 0.0778. The second-order valence-corrected chi connectivity index (χ2v) is 4.69. The van der Waals surface area contributed by atoms with Crippen LogP contribution in [-0.4, -0.2) is 41.1 Å². The third-order valence-electron chi connectivity index (χ3n) is 3.19. The normalized spacial score (nSPS) is 19.1. The Balaban J connectivity index is 1.98. The number of aromatic nitrogens is 2. The SMILES string of the molecule is CCCCN(C)C(=O)c1noc(C2CCCN2)n1. The second kappa shape index (κ2) is 5.95. The third-order valence-corrected chi connectivity index (χ3v) is 3.19. The summed E-state index contributed by atoms with van der Waals surface area (Å²) in [5.41, 5.74) is 0. The number of amides is 1. The van der Waals surface area contributed by atoms with Crippen molar-refractivity contribution in [2.75, 3.05) is 20.1 Å². The van der Waals surface area contributed by atoms with Gasteiger partial charge in [-0.1, -0.05) is 18.5 Å². The highest BCUT2D eigenvalue weighted by molar-refractivity contribution is 5.90. The Morgan fingerprint density at radius 3 is 3.11 bits per heavy atom. The standard InChI is InChI=1S/C12H20N4O2/c1-3-4-8-16(2)12(17)10-14-11(18-15-10)9-6-5-7-13-9/h9,13H,3-8H2,1-2H3. The van der Waals surface area contributed by atoms with E-state index in [-0.39, 0.29) is 17.8 Å². The quantitative estimate of drug-likeness (QED) is 0.857. The van der Waals surface area contributed by atoms with Crippen molar-refractivity contribution in [3.05, 3.63) is 11.7 Å². The summed E-state index contributed by atoms with van der Waals surface area (Å²) < 4.78 is 5.15. The summed E-state index contributed by atoms with van der Waals surface area (Å²) in [7, 11) is 1.77. The van der Waals surface area contributed by atoms with Gasteiger partial charge < -0.3 is 14.7 Å². The number of hydrogen-bond donors (Lipinski definition) is 1. The summed E-state index contributed by atoms with van der Waals surface area (Å²) in [6.45, 7) is 3.78. The highest BCUT2D eigenvalue weighted by atomic mass is 16.5. The van der Waals surface area contributed by atoms with Crippen molar-refractivity contribution < 1.29 is 9.32 Å². The lowest BCUT2D eigenvalue weighted by Crippen LogP contribution is -2.28. The molecule has 0 aromatic carbocycles. The second-order valence-electron chi connectivity index (χ2n) is 4.69. The van der Waals surface area contributed by atoms with E-state index in [1.807, 2.05) is 0 Å². The van der Waals surface area contributed by atoms with Crippen LogP contribution in [0.2, 0.25) is 0 Å². The Morgan fingerprint density at radius 2 is 2.44 bits per heavy atom. The van der Waals surface area contributed by atoms with Gasteiger partial charge >= 0.3 is 0 Å². The van der Waals surface area contributed by atoms with Crippen molar-refractivity contribution in [1.29, 1.82) is 0 Å². The van der Waals surface area contributed by atoms with Gasteiger partial charge in [-0.15, -0.1) is 0 Å². The van der Waals surface area contributed by atoms with Gasteiger partial charge in [-0.2, -0.15) is 4.98 Å². The summed E-state index contributed by atoms with van der Waals surface area (Å²) >= 11 is 0. The molecular weight excluding hydrogens is 232 g/mol. The van der Waals surface area contributed by atoms with Gasteiger partial charge in [0.25, 0.3) is 11.7 Å². The minimum Gasteiger partial charge on any atom is -0.339 e. The third kappa shape index (κ3) is 2.87. The van der Waals surface area contributed by atoms with Crippen molar-refractivity contribution >= 4 is 5.91 Å². The molecule has 0 saturated carbocycles. The van der Waals surface area contributed by atoms with E-state index in [1.165, 1.54) is 0 Å². The van der Waals surface area contributed by atoms with Crippen LogP contribution in [0.25, 0.3) is 0 Å². The first-order valence-electron chi connectivity index (χ1n) is 6.54. The van der Waals surface area contributed by atoms with E-state index in [0.29, 0.717) is 5.89 Å². The van der Waals surface area contributed by atoms with Gasteiger partial charge in [0.1, 0.15) is 0 Å². The molecule has 1 fully saturated rings. The highest BCUT2D eigenvalue weighted by Gasteiger charge is 2.25. The minimum absolute atomic E-state index is 0.111. The maximum absolute atomic E-state index is 12.0. The fraction of sp³-hybridized carbons (Fsp3) is 0.750. The molecule has 1 aliphatic heterocycles. The van der Waals surface area contributed by atoms with Crippen LogP contribution in [0.5, 0.6) is 0 Å². The van der Waals surface area contributed by atoms with Gasteiger partial charge in [0, 0.05) is 13.6 Å². The van der Waals surface area contributed by atoms with Crippen molar-refractivity contribution in [2.24, 2.45) is 0 Å².